The van der Waals surface area contributed by atoms with Gasteiger partial charge < -0.3 is 40.1 Å². The summed E-state index contributed by atoms with van der Waals surface area (Å²) in [4.78, 5) is 56.4. The average Bonchev–Trinajstić information content (AvgIpc) is 3.37. The van der Waals surface area contributed by atoms with E-state index in [0.29, 0.717) is 6.42 Å². The molecular formula is C61H89LiNa2O12. The van der Waals surface area contributed by atoms with Crippen molar-refractivity contribution in [3.05, 3.63) is 142 Å². The Bertz CT molecular complexity index is 2100. The number of carbonyl (C=O) groups excluding carboxylic acids is 4. The van der Waals surface area contributed by atoms with Gasteiger partial charge in [-0.1, -0.05) is 190 Å². The number of carboxylic acid groups (broad SMARTS) is 2. The molecule has 0 radical (unpaired) electrons. The van der Waals surface area contributed by atoms with Gasteiger partial charge in [-0.05, 0) is 124 Å². The van der Waals surface area contributed by atoms with Gasteiger partial charge in [0.15, 0.2) is 0 Å². The third-order valence-electron chi connectivity index (χ3n) is 12.6. The molecule has 12 nitrogen and oxygen atoms in total. The Hall–Kier alpha value is -3.25. The fourth-order valence-electron chi connectivity index (χ4n) is 7.41. The van der Waals surface area contributed by atoms with Crippen molar-refractivity contribution in [2.75, 3.05) is 14.2 Å². The van der Waals surface area contributed by atoms with Crippen molar-refractivity contribution < 1.29 is 137 Å². The zero-order chi connectivity index (χ0) is 54.6. The Morgan fingerprint density at radius 1 is 0.513 bits per heavy atom. The number of aliphatic carboxylic acids is 2. The number of rotatable bonds is 25. The van der Waals surface area contributed by atoms with E-state index >= 15 is 0 Å². The summed E-state index contributed by atoms with van der Waals surface area (Å²) in [6.45, 7) is 19.3. The van der Waals surface area contributed by atoms with Gasteiger partial charge in [0.05, 0.1) is 37.4 Å². The van der Waals surface area contributed by atoms with E-state index in [-0.39, 0.29) is 102 Å². The Morgan fingerprint density at radius 2 is 0.816 bits per heavy atom. The zero-order valence-electron chi connectivity index (χ0n) is 49.3. The molecule has 2 N–H and O–H groups in total. The first-order chi connectivity index (χ1) is 34.2. The van der Waals surface area contributed by atoms with E-state index in [0.717, 1.165) is 54.4 Å². The minimum Gasteiger partial charge on any atom is -0.870 e. The number of ether oxygens (including phenoxy) is 2. The molecule has 0 aliphatic rings. The molecule has 0 atom stereocenters. The first-order valence-corrected chi connectivity index (χ1v) is 25.8. The summed E-state index contributed by atoms with van der Waals surface area (Å²) in [6, 6.07) is 32.3. The number of carboxylic acids is 2. The molecule has 0 unspecified atom stereocenters. The topological polar surface area (TPSA) is 209 Å². The third-order valence-corrected chi connectivity index (χ3v) is 12.6. The summed E-state index contributed by atoms with van der Waals surface area (Å²) in [5.41, 5.74) is 6.56. The third kappa shape index (κ3) is 33.2. The summed E-state index contributed by atoms with van der Waals surface area (Å²) in [6.07, 6.45) is 19.2. The van der Waals surface area contributed by atoms with Crippen molar-refractivity contribution in [2.45, 2.75) is 195 Å². The number of unbranched alkanes of at least 4 members (excludes halogenated alkanes) is 8. The van der Waals surface area contributed by atoms with Crippen LogP contribution in [-0.2, 0) is 86.7 Å². The molecule has 0 aliphatic carbocycles. The number of esters is 2. The molecule has 0 amide bonds. The van der Waals surface area contributed by atoms with Crippen LogP contribution in [0.3, 0.4) is 0 Å². The van der Waals surface area contributed by atoms with Crippen LogP contribution in [0.2, 0.25) is 0 Å². The number of aryl methyl sites for hydroxylation is 4. The molecule has 4 aromatic carbocycles. The van der Waals surface area contributed by atoms with Crippen molar-refractivity contribution in [3.63, 3.8) is 0 Å². The summed E-state index contributed by atoms with van der Waals surface area (Å²) in [5.74, 6) is -2.16. The fraction of sp³-hybridized carbons (Fsp3) is 0.525. The second-order valence-corrected chi connectivity index (χ2v) is 19.7. The standard InChI is InChI=1S/C16H24O2.2C15H22O2.C14H20O2.CH2O3.Li.2Na.H2O/c1-5-6-7-9-13-10-8-11-14(12-13)16(2,3)15(17)18-4;2*1-4-5-6-8-12-9-7-10-13(11-12)15(2,3)14(16)17;1-3-4-5-7-12-8-6-9-13(10-12)11-14(15)16-2;2-1-4-3;;;;/h8,10-12H,5-7,9H2,1-4H3;2*7,9-11H,4-6,8H2,1-3H3,(H,16,17);6,8-10H,3-5,7,11H2,1-2H3;1,3H;;;;1H2/q;;;;;3*+1;/p-3. The van der Waals surface area contributed by atoms with Crippen LogP contribution in [0.5, 0.6) is 0 Å². The second-order valence-electron chi connectivity index (χ2n) is 19.7. The Kier molecular flexibility index (Phi) is 50.1. The van der Waals surface area contributed by atoms with E-state index in [9.17, 15) is 29.4 Å². The van der Waals surface area contributed by atoms with Crippen LogP contribution in [0, 0.1) is 0 Å². The molecule has 408 valence electrons. The van der Waals surface area contributed by atoms with Gasteiger partial charge in [0.2, 0.25) is 0 Å². The van der Waals surface area contributed by atoms with Crippen LogP contribution in [-0.4, -0.2) is 55.2 Å². The van der Waals surface area contributed by atoms with Gasteiger partial charge in [-0.3, -0.25) is 19.2 Å². The second kappa shape index (κ2) is 46.6. The molecule has 0 saturated heterocycles. The molecule has 0 saturated carbocycles. The van der Waals surface area contributed by atoms with Crippen molar-refractivity contribution >= 4 is 30.3 Å². The maximum Gasteiger partial charge on any atom is 1.00 e. The smallest absolute Gasteiger partial charge is 0.870 e. The first kappa shape index (κ1) is 81.6. The number of carbonyl (C=O) groups is 5. The zero-order valence-corrected chi connectivity index (χ0v) is 53.3. The van der Waals surface area contributed by atoms with E-state index in [1.165, 1.54) is 107 Å². The van der Waals surface area contributed by atoms with E-state index < -0.39 is 28.2 Å². The van der Waals surface area contributed by atoms with Crippen molar-refractivity contribution in [3.8, 4) is 0 Å². The quantitative estimate of drug-likeness (QED) is 0.0254. The minimum atomic E-state index is -1.02. The summed E-state index contributed by atoms with van der Waals surface area (Å²) in [7, 11) is 2.86. The van der Waals surface area contributed by atoms with Crippen LogP contribution in [0.25, 0.3) is 0 Å². The molecule has 15 heteroatoms. The van der Waals surface area contributed by atoms with Crippen molar-refractivity contribution in [1.29, 1.82) is 0 Å². The number of hydrogen-bond donors (Lipinski definition) is 1. The normalized spacial score (nSPS) is 10.2. The predicted octanol–water partition coefficient (Wildman–Crippen LogP) is 2.50. The van der Waals surface area contributed by atoms with Crippen molar-refractivity contribution in [2.24, 2.45) is 0 Å². The van der Waals surface area contributed by atoms with E-state index in [1.807, 2.05) is 74.5 Å². The van der Waals surface area contributed by atoms with E-state index in [2.05, 4.69) is 73.7 Å². The molecule has 0 aromatic heterocycles. The fourth-order valence-corrected chi connectivity index (χ4v) is 7.41. The van der Waals surface area contributed by atoms with Gasteiger partial charge in [0.25, 0.3) is 6.47 Å². The van der Waals surface area contributed by atoms with E-state index in [4.69, 9.17) is 14.8 Å². The van der Waals surface area contributed by atoms with Gasteiger partial charge in [0.1, 0.15) is 0 Å². The number of benzene rings is 4. The summed E-state index contributed by atoms with van der Waals surface area (Å²) in [5, 5.41) is 28.7. The van der Waals surface area contributed by atoms with Gasteiger partial charge in [-0.25, -0.2) is 0 Å². The SMILES string of the molecule is CCCCCc1cccc(C(C)(C)C(=O)O)c1.CCCCCc1cccc(C(C)(C)C(=O)OC)c1.CCCCCc1cccc(C(C)(C)C(=O)[O-])c1.CCCCCc1cccc(CC(=O)OC)c1.O=CO[O-].[Li+].[Na+].[Na+].[OH-]. The van der Waals surface area contributed by atoms with E-state index in [1.54, 1.807) is 27.7 Å². The molecular weight excluding hydrogens is 978 g/mol. The maximum atomic E-state index is 11.8. The molecule has 76 heavy (non-hydrogen) atoms. The molecule has 0 aliphatic heterocycles. The molecule has 0 heterocycles. The maximum absolute atomic E-state index is 11.8. The number of methoxy groups -OCH3 is 2. The predicted molar refractivity (Wildman–Crippen MR) is 287 cm³/mol. The molecule has 4 aromatic rings. The molecule has 4 rings (SSSR count). The minimum absolute atomic E-state index is 0. The first-order valence-electron chi connectivity index (χ1n) is 25.8. The Balaban J connectivity index is -0.000000283. The van der Waals surface area contributed by atoms with Crippen LogP contribution in [0.4, 0.5) is 0 Å². The van der Waals surface area contributed by atoms with Crippen LogP contribution in [0.15, 0.2) is 97.1 Å². The molecule has 0 fully saturated rings. The van der Waals surface area contributed by atoms with Gasteiger partial charge in [-0.2, -0.15) is 0 Å². The monoisotopic (exact) mass is 1070 g/mol. The number of hydrogen-bond acceptors (Lipinski definition) is 11. The van der Waals surface area contributed by atoms with Gasteiger partial charge in [0, 0.05) is 5.41 Å². The Labute approximate surface area is 513 Å². The van der Waals surface area contributed by atoms with Gasteiger partial charge >= 0.3 is 95.9 Å². The van der Waals surface area contributed by atoms with Crippen LogP contribution < -0.4 is 88.3 Å². The summed E-state index contributed by atoms with van der Waals surface area (Å²) < 4.78 is 9.52. The Morgan fingerprint density at radius 3 is 1.11 bits per heavy atom. The largest absolute Gasteiger partial charge is 1.00 e. The van der Waals surface area contributed by atoms with Crippen LogP contribution in [0.1, 0.15) is 191 Å². The van der Waals surface area contributed by atoms with Crippen LogP contribution >= 0.6 is 0 Å². The average molecular weight is 1070 g/mol. The van der Waals surface area contributed by atoms with Gasteiger partial charge in [-0.15, -0.1) is 0 Å². The van der Waals surface area contributed by atoms with Crippen molar-refractivity contribution in [1.82, 2.24) is 0 Å². The summed E-state index contributed by atoms with van der Waals surface area (Å²) >= 11 is 0. The molecule has 0 bridgehead atoms. The molecule has 0 spiro atoms.